The Labute approximate surface area is 83.5 Å². The third kappa shape index (κ3) is 6.09. The third-order valence-electron chi connectivity index (χ3n) is 2.87. The predicted octanol–water partition coefficient (Wildman–Crippen LogP) is 3.61. The molecule has 0 heterocycles. The molecule has 0 rings (SSSR count). The standard InChI is InChI=1S/C12H26O/c1-5-6-7-8-9-12(10(2)3)11(4)13/h10-13H,5-9H2,1-4H3. The summed E-state index contributed by atoms with van der Waals surface area (Å²) < 4.78 is 0. The lowest BCUT2D eigenvalue weighted by molar-refractivity contribution is 0.0900. The molecule has 0 amide bonds. The summed E-state index contributed by atoms with van der Waals surface area (Å²) >= 11 is 0. The largest absolute Gasteiger partial charge is 0.393 e. The Hall–Kier alpha value is -0.0400. The van der Waals surface area contributed by atoms with Gasteiger partial charge >= 0.3 is 0 Å². The van der Waals surface area contributed by atoms with Crippen molar-refractivity contribution in [2.75, 3.05) is 0 Å². The molecule has 0 aromatic rings. The molecule has 1 N–H and O–H groups in total. The number of hydrogen-bond donors (Lipinski definition) is 1. The first-order valence-electron chi connectivity index (χ1n) is 5.77. The van der Waals surface area contributed by atoms with Crippen LogP contribution in [0.25, 0.3) is 0 Å². The molecule has 0 aliphatic heterocycles. The quantitative estimate of drug-likeness (QED) is 0.602. The van der Waals surface area contributed by atoms with Crippen LogP contribution in [0.15, 0.2) is 0 Å². The lowest BCUT2D eigenvalue weighted by atomic mass is 9.86. The Bertz CT molecular complexity index is 99.7. The van der Waals surface area contributed by atoms with Crippen molar-refractivity contribution in [3.8, 4) is 0 Å². The van der Waals surface area contributed by atoms with Gasteiger partial charge in [-0.15, -0.1) is 0 Å². The molecule has 0 bridgehead atoms. The second-order valence-corrected chi connectivity index (χ2v) is 4.50. The maximum atomic E-state index is 9.54. The molecule has 0 aromatic heterocycles. The third-order valence-corrected chi connectivity index (χ3v) is 2.87. The van der Waals surface area contributed by atoms with E-state index >= 15 is 0 Å². The van der Waals surface area contributed by atoms with E-state index in [2.05, 4.69) is 20.8 Å². The molecule has 0 radical (unpaired) electrons. The molecule has 1 heteroatoms. The molecule has 0 saturated carbocycles. The van der Waals surface area contributed by atoms with Crippen molar-refractivity contribution in [1.82, 2.24) is 0 Å². The number of unbranched alkanes of at least 4 members (excludes halogenated alkanes) is 3. The van der Waals surface area contributed by atoms with E-state index in [1.165, 1.54) is 32.1 Å². The number of rotatable bonds is 7. The minimum Gasteiger partial charge on any atom is -0.393 e. The molecule has 2 unspecified atom stereocenters. The molecule has 0 saturated heterocycles. The van der Waals surface area contributed by atoms with Crippen LogP contribution in [-0.4, -0.2) is 11.2 Å². The topological polar surface area (TPSA) is 20.2 Å². The average molecular weight is 186 g/mol. The number of hydrogen-bond acceptors (Lipinski definition) is 1. The molecule has 0 fully saturated rings. The van der Waals surface area contributed by atoms with Crippen LogP contribution in [0.5, 0.6) is 0 Å². The highest BCUT2D eigenvalue weighted by Crippen LogP contribution is 2.22. The van der Waals surface area contributed by atoms with E-state index in [1.807, 2.05) is 6.92 Å². The summed E-state index contributed by atoms with van der Waals surface area (Å²) in [6.07, 6.45) is 6.29. The summed E-state index contributed by atoms with van der Waals surface area (Å²) in [5, 5.41) is 9.54. The van der Waals surface area contributed by atoms with Crippen molar-refractivity contribution >= 4 is 0 Å². The SMILES string of the molecule is CCCCCCC(C(C)C)C(C)O. The van der Waals surface area contributed by atoms with E-state index in [4.69, 9.17) is 0 Å². The van der Waals surface area contributed by atoms with Gasteiger partial charge in [-0.1, -0.05) is 46.5 Å². The van der Waals surface area contributed by atoms with Gasteiger partial charge in [-0.25, -0.2) is 0 Å². The van der Waals surface area contributed by atoms with Crippen molar-refractivity contribution in [3.05, 3.63) is 0 Å². The highest BCUT2D eigenvalue weighted by Gasteiger charge is 2.17. The fraction of sp³-hybridized carbons (Fsp3) is 1.00. The van der Waals surface area contributed by atoms with Gasteiger partial charge in [-0.2, -0.15) is 0 Å². The smallest absolute Gasteiger partial charge is 0.0542 e. The first-order valence-corrected chi connectivity index (χ1v) is 5.77. The monoisotopic (exact) mass is 186 g/mol. The summed E-state index contributed by atoms with van der Waals surface area (Å²) in [5.74, 6) is 1.11. The Morgan fingerprint density at radius 3 is 2.00 bits per heavy atom. The van der Waals surface area contributed by atoms with Crippen LogP contribution >= 0.6 is 0 Å². The zero-order chi connectivity index (χ0) is 10.3. The zero-order valence-corrected chi connectivity index (χ0v) is 9.71. The fourth-order valence-corrected chi connectivity index (χ4v) is 1.94. The molecule has 13 heavy (non-hydrogen) atoms. The molecular formula is C12H26O. The Kier molecular flexibility index (Phi) is 7.35. The molecule has 1 nitrogen and oxygen atoms in total. The maximum absolute atomic E-state index is 9.54. The zero-order valence-electron chi connectivity index (χ0n) is 9.71. The summed E-state index contributed by atoms with van der Waals surface area (Å²) in [6, 6.07) is 0. The lowest BCUT2D eigenvalue weighted by Crippen LogP contribution is -2.22. The van der Waals surface area contributed by atoms with Crippen LogP contribution < -0.4 is 0 Å². The van der Waals surface area contributed by atoms with Gasteiger partial charge in [0.1, 0.15) is 0 Å². The van der Waals surface area contributed by atoms with Gasteiger partial charge in [0.05, 0.1) is 6.10 Å². The van der Waals surface area contributed by atoms with Crippen molar-refractivity contribution in [3.63, 3.8) is 0 Å². The molecular weight excluding hydrogens is 160 g/mol. The lowest BCUT2D eigenvalue weighted by Gasteiger charge is -2.23. The molecule has 0 spiro atoms. The fourth-order valence-electron chi connectivity index (χ4n) is 1.94. The van der Waals surface area contributed by atoms with E-state index in [-0.39, 0.29) is 6.10 Å². The molecule has 0 aliphatic carbocycles. The first kappa shape index (κ1) is 13.0. The Morgan fingerprint density at radius 1 is 1.00 bits per heavy atom. The summed E-state index contributed by atoms with van der Waals surface area (Å²) in [7, 11) is 0. The molecule has 80 valence electrons. The van der Waals surface area contributed by atoms with Gasteiger partial charge < -0.3 is 5.11 Å². The van der Waals surface area contributed by atoms with Crippen LogP contribution in [-0.2, 0) is 0 Å². The van der Waals surface area contributed by atoms with E-state index < -0.39 is 0 Å². The van der Waals surface area contributed by atoms with Crippen molar-refractivity contribution in [2.45, 2.75) is 65.9 Å². The van der Waals surface area contributed by atoms with Crippen LogP contribution in [0.3, 0.4) is 0 Å². The van der Waals surface area contributed by atoms with Gasteiger partial charge in [-0.3, -0.25) is 0 Å². The van der Waals surface area contributed by atoms with Gasteiger partial charge in [0, 0.05) is 0 Å². The summed E-state index contributed by atoms with van der Waals surface area (Å²) in [5.41, 5.74) is 0. The van der Waals surface area contributed by atoms with Crippen molar-refractivity contribution in [2.24, 2.45) is 11.8 Å². The van der Waals surface area contributed by atoms with Gasteiger partial charge in [-0.05, 0) is 25.2 Å². The summed E-state index contributed by atoms with van der Waals surface area (Å²) in [6.45, 7) is 8.56. The van der Waals surface area contributed by atoms with Crippen LogP contribution in [0.4, 0.5) is 0 Å². The van der Waals surface area contributed by atoms with E-state index in [9.17, 15) is 5.11 Å². The van der Waals surface area contributed by atoms with E-state index in [0.717, 1.165) is 0 Å². The average Bonchev–Trinajstić information content (AvgIpc) is 2.02. The van der Waals surface area contributed by atoms with Crippen LogP contribution in [0.2, 0.25) is 0 Å². The predicted molar refractivity (Wildman–Crippen MR) is 58.8 cm³/mol. The van der Waals surface area contributed by atoms with E-state index in [1.54, 1.807) is 0 Å². The van der Waals surface area contributed by atoms with Gasteiger partial charge in [0.15, 0.2) is 0 Å². The maximum Gasteiger partial charge on any atom is 0.0542 e. The van der Waals surface area contributed by atoms with Gasteiger partial charge in [0.2, 0.25) is 0 Å². The number of aliphatic hydroxyl groups excluding tert-OH is 1. The van der Waals surface area contributed by atoms with Gasteiger partial charge in [0.25, 0.3) is 0 Å². The molecule has 2 atom stereocenters. The highest BCUT2D eigenvalue weighted by atomic mass is 16.3. The summed E-state index contributed by atoms with van der Waals surface area (Å²) in [4.78, 5) is 0. The minimum absolute atomic E-state index is 0.137. The Balaban J connectivity index is 3.58. The highest BCUT2D eigenvalue weighted by molar-refractivity contribution is 4.68. The number of aliphatic hydroxyl groups is 1. The molecule has 0 aliphatic rings. The normalized spacial score (nSPS) is 16.2. The van der Waals surface area contributed by atoms with E-state index in [0.29, 0.717) is 11.8 Å². The second-order valence-electron chi connectivity index (χ2n) is 4.50. The van der Waals surface area contributed by atoms with Crippen LogP contribution in [0, 0.1) is 11.8 Å². The van der Waals surface area contributed by atoms with Crippen LogP contribution in [0.1, 0.15) is 59.8 Å². The van der Waals surface area contributed by atoms with Crippen molar-refractivity contribution < 1.29 is 5.11 Å². The first-order chi connectivity index (χ1) is 6.09. The molecule has 0 aromatic carbocycles. The minimum atomic E-state index is -0.137. The Morgan fingerprint density at radius 2 is 1.62 bits per heavy atom. The van der Waals surface area contributed by atoms with Crippen molar-refractivity contribution in [1.29, 1.82) is 0 Å². The second kappa shape index (κ2) is 7.37.